The Kier molecular flexibility index (Phi) is 3.74. The average molecular weight is 273 g/mol. The van der Waals surface area contributed by atoms with Crippen molar-refractivity contribution in [2.45, 2.75) is 13.8 Å². The Balaban J connectivity index is 2.49. The van der Waals surface area contributed by atoms with Gasteiger partial charge in [-0.15, -0.1) is 0 Å². The van der Waals surface area contributed by atoms with Gasteiger partial charge in [-0.3, -0.25) is 4.79 Å². The third-order valence-corrected chi connectivity index (χ3v) is 3.22. The van der Waals surface area contributed by atoms with Crippen molar-refractivity contribution in [1.29, 1.82) is 0 Å². The Morgan fingerprint density at radius 2 is 1.75 bits per heavy atom. The first-order valence-corrected chi connectivity index (χ1v) is 6.19. The number of ether oxygens (including phenoxy) is 1. The smallest absolute Gasteiger partial charge is 0.193 e. The van der Waals surface area contributed by atoms with Gasteiger partial charge in [-0.1, -0.05) is 0 Å². The second-order valence-corrected chi connectivity index (χ2v) is 4.70. The van der Waals surface area contributed by atoms with Crippen LogP contribution in [0, 0.1) is 19.7 Å². The lowest BCUT2D eigenvalue weighted by Crippen LogP contribution is -2.08. The lowest BCUT2D eigenvalue weighted by Gasteiger charge is -2.11. The zero-order valence-electron chi connectivity index (χ0n) is 11.7. The summed E-state index contributed by atoms with van der Waals surface area (Å²) in [6.07, 6.45) is 0. The largest absolute Gasteiger partial charge is 0.495 e. The van der Waals surface area contributed by atoms with Gasteiger partial charge in [0.15, 0.2) is 5.78 Å². The fraction of sp³-hybridized carbons (Fsp3) is 0.188. The van der Waals surface area contributed by atoms with Crippen molar-refractivity contribution in [3.63, 3.8) is 0 Å². The van der Waals surface area contributed by atoms with Gasteiger partial charge in [-0.2, -0.15) is 0 Å². The van der Waals surface area contributed by atoms with E-state index in [2.05, 4.69) is 0 Å². The number of halogens is 1. The molecule has 20 heavy (non-hydrogen) atoms. The number of anilines is 1. The van der Waals surface area contributed by atoms with Gasteiger partial charge in [0, 0.05) is 11.1 Å². The summed E-state index contributed by atoms with van der Waals surface area (Å²) in [5.41, 5.74) is 8.40. The Hall–Kier alpha value is -2.36. The van der Waals surface area contributed by atoms with Crippen LogP contribution in [0.4, 0.5) is 10.1 Å². The van der Waals surface area contributed by atoms with Gasteiger partial charge in [-0.25, -0.2) is 4.39 Å². The minimum Gasteiger partial charge on any atom is -0.495 e. The summed E-state index contributed by atoms with van der Waals surface area (Å²) >= 11 is 0. The van der Waals surface area contributed by atoms with Crippen LogP contribution in [0.25, 0.3) is 0 Å². The number of nitrogens with two attached hydrogens (primary N) is 1. The number of aryl methyl sites for hydroxylation is 2. The summed E-state index contributed by atoms with van der Waals surface area (Å²) in [7, 11) is 1.52. The molecule has 104 valence electrons. The highest BCUT2D eigenvalue weighted by molar-refractivity contribution is 6.11. The maximum atomic E-state index is 13.3. The minimum atomic E-state index is -0.342. The first kappa shape index (κ1) is 14.1. The topological polar surface area (TPSA) is 52.3 Å². The van der Waals surface area contributed by atoms with E-state index in [0.29, 0.717) is 33.7 Å². The number of rotatable bonds is 3. The van der Waals surface area contributed by atoms with Crippen molar-refractivity contribution in [3.8, 4) is 5.75 Å². The second kappa shape index (κ2) is 5.33. The van der Waals surface area contributed by atoms with Gasteiger partial charge < -0.3 is 10.5 Å². The maximum Gasteiger partial charge on any atom is 0.193 e. The molecule has 0 bridgehead atoms. The van der Waals surface area contributed by atoms with Crippen LogP contribution < -0.4 is 10.5 Å². The highest BCUT2D eigenvalue weighted by Crippen LogP contribution is 2.25. The van der Waals surface area contributed by atoms with Crippen LogP contribution in [0.1, 0.15) is 27.0 Å². The summed E-state index contributed by atoms with van der Waals surface area (Å²) in [6.45, 7) is 3.44. The van der Waals surface area contributed by atoms with Crippen LogP contribution >= 0.6 is 0 Å². The van der Waals surface area contributed by atoms with E-state index in [1.807, 2.05) is 0 Å². The van der Waals surface area contributed by atoms with E-state index < -0.39 is 0 Å². The molecule has 0 atom stereocenters. The molecule has 4 heteroatoms. The summed E-state index contributed by atoms with van der Waals surface area (Å²) in [5.74, 6) is 0.00856. The van der Waals surface area contributed by atoms with Crippen molar-refractivity contribution in [1.82, 2.24) is 0 Å². The number of hydrogen-bond donors (Lipinski definition) is 1. The molecule has 2 aromatic rings. The predicted molar refractivity (Wildman–Crippen MR) is 76.7 cm³/mol. The third-order valence-electron chi connectivity index (χ3n) is 3.22. The Labute approximate surface area is 117 Å². The van der Waals surface area contributed by atoms with Gasteiger partial charge in [0.05, 0.1) is 12.8 Å². The predicted octanol–water partition coefficient (Wildman–Crippen LogP) is 3.26. The Morgan fingerprint density at radius 3 is 2.25 bits per heavy atom. The van der Waals surface area contributed by atoms with E-state index in [-0.39, 0.29) is 11.6 Å². The molecule has 0 fully saturated rings. The molecule has 0 aliphatic heterocycles. The quantitative estimate of drug-likeness (QED) is 0.689. The van der Waals surface area contributed by atoms with Gasteiger partial charge >= 0.3 is 0 Å². The molecule has 0 unspecified atom stereocenters. The number of carbonyl (C=O) groups excluding carboxylic acids is 1. The number of ketones is 1. The molecule has 0 radical (unpaired) electrons. The summed E-state index contributed by atoms with van der Waals surface area (Å²) in [6, 6.07) is 7.58. The van der Waals surface area contributed by atoms with Gasteiger partial charge in [0.2, 0.25) is 0 Å². The fourth-order valence-electron chi connectivity index (χ4n) is 2.29. The van der Waals surface area contributed by atoms with Gasteiger partial charge in [-0.05, 0) is 55.3 Å². The molecule has 0 aliphatic carbocycles. The molecule has 3 nitrogen and oxygen atoms in total. The van der Waals surface area contributed by atoms with Crippen LogP contribution in [0.3, 0.4) is 0 Å². The van der Waals surface area contributed by atoms with Crippen molar-refractivity contribution >= 4 is 11.5 Å². The number of nitrogen functional groups attached to an aromatic ring is 1. The van der Waals surface area contributed by atoms with Crippen molar-refractivity contribution in [2.75, 3.05) is 12.8 Å². The summed E-state index contributed by atoms with van der Waals surface area (Å²) in [5, 5.41) is 0. The number of carbonyl (C=O) groups is 1. The molecule has 0 aliphatic rings. The van der Waals surface area contributed by atoms with Crippen molar-refractivity contribution in [3.05, 3.63) is 58.4 Å². The van der Waals surface area contributed by atoms with Crippen molar-refractivity contribution < 1.29 is 13.9 Å². The van der Waals surface area contributed by atoms with Crippen LogP contribution in [-0.4, -0.2) is 12.9 Å². The van der Waals surface area contributed by atoms with Crippen LogP contribution in [0.2, 0.25) is 0 Å². The molecule has 2 aromatic carbocycles. The molecular weight excluding hydrogens is 257 g/mol. The second-order valence-electron chi connectivity index (χ2n) is 4.70. The molecule has 0 spiro atoms. The number of benzene rings is 2. The van der Waals surface area contributed by atoms with E-state index >= 15 is 0 Å². The first-order valence-electron chi connectivity index (χ1n) is 6.19. The molecule has 2 rings (SSSR count). The van der Waals surface area contributed by atoms with E-state index in [0.717, 1.165) is 0 Å². The zero-order valence-corrected chi connectivity index (χ0v) is 11.7. The van der Waals surface area contributed by atoms with E-state index in [9.17, 15) is 9.18 Å². The first-order chi connectivity index (χ1) is 9.43. The van der Waals surface area contributed by atoms with Crippen LogP contribution in [-0.2, 0) is 0 Å². The molecule has 0 heterocycles. The molecule has 0 saturated heterocycles. The monoisotopic (exact) mass is 273 g/mol. The normalized spacial score (nSPS) is 10.4. The highest BCUT2D eigenvalue weighted by atomic mass is 19.1. The fourth-order valence-corrected chi connectivity index (χ4v) is 2.29. The summed E-state index contributed by atoms with van der Waals surface area (Å²) in [4.78, 5) is 12.5. The Bertz CT molecular complexity index is 657. The van der Waals surface area contributed by atoms with Crippen LogP contribution in [0.5, 0.6) is 5.75 Å². The standard InChI is InChI=1S/C16H16FNO2/c1-9-6-12(17)7-10(2)15(9)16(19)11-4-5-14(20-3)13(18)8-11/h4-8H,18H2,1-3H3. The minimum absolute atomic E-state index is 0.172. The molecule has 0 amide bonds. The van der Waals surface area contributed by atoms with Crippen molar-refractivity contribution in [2.24, 2.45) is 0 Å². The SMILES string of the molecule is COc1ccc(C(=O)c2c(C)cc(F)cc2C)cc1N. The highest BCUT2D eigenvalue weighted by Gasteiger charge is 2.16. The third kappa shape index (κ3) is 2.50. The zero-order chi connectivity index (χ0) is 14.9. The molecule has 0 saturated carbocycles. The number of methoxy groups -OCH3 is 1. The van der Waals surface area contributed by atoms with E-state index in [1.54, 1.807) is 32.0 Å². The molecule has 0 aromatic heterocycles. The lowest BCUT2D eigenvalue weighted by atomic mass is 9.94. The maximum absolute atomic E-state index is 13.3. The average Bonchev–Trinajstić information content (AvgIpc) is 2.37. The van der Waals surface area contributed by atoms with Crippen LogP contribution in [0.15, 0.2) is 30.3 Å². The number of hydrogen-bond acceptors (Lipinski definition) is 3. The molecular formula is C16H16FNO2. The van der Waals surface area contributed by atoms with Gasteiger partial charge in [0.1, 0.15) is 11.6 Å². The molecule has 2 N–H and O–H groups in total. The van der Waals surface area contributed by atoms with Gasteiger partial charge in [0.25, 0.3) is 0 Å². The lowest BCUT2D eigenvalue weighted by molar-refractivity contribution is 0.103. The summed E-state index contributed by atoms with van der Waals surface area (Å²) < 4.78 is 18.4. The van der Waals surface area contributed by atoms with E-state index in [1.165, 1.54) is 19.2 Å². The Morgan fingerprint density at radius 1 is 1.15 bits per heavy atom. The van der Waals surface area contributed by atoms with E-state index in [4.69, 9.17) is 10.5 Å².